The summed E-state index contributed by atoms with van der Waals surface area (Å²) >= 11 is 3.32. The van der Waals surface area contributed by atoms with Crippen molar-refractivity contribution in [1.29, 1.82) is 0 Å². The number of carbonyl (C=O) groups is 1. The minimum Gasteiger partial charge on any atom is -0.467 e. The van der Waals surface area contributed by atoms with Crippen LogP contribution in [0, 0.1) is 0 Å². The van der Waals surface area contributed by atoms with Gasteiger partial charge in [0, 0.05) is 17.1 Å². The monoisotopic (exact) mass is 548 g/mol. The normalized spacial score (nSPS) is 13.0. The first-order chi connectivity index (χ1) is 16.2. The van der Waals surface area contributed by atoms with Crippen LogP contribution in [0.3, 0.4) is 0 Å². The van der Waals surface area contributed by atoms with Crippen LogP contribution >= 0.6 is 15.9 Å². The second kappa shape index (κ2) is 10.2. The van der Waals surface area contributed by atoms with Crippen LogP contribution in [0.5, 0.6) is 11.5 Å². The Bertz CT molecular complexity index is 1240. The fraction of sp³-hybridized carbons (Fsp3) is 0.292. The molecule has 0 saturated heterocycles. The predicted molar refractivity (Wildman–Crippen MR) is 129 cm³/mol. The van der Waals surface area contributed by atoms with E-state index in [1.165, 1.54) is 22.7 Å². The molecule has 0 bridgehead atoms. The van der Waals surface area contributed by atoms with Crippen molar-refractivity contribution in [3.05, 3.63) is 76.7 Å². The van der Waals surface area contributed by atoms with Gasteiger partial charge in [0.05, 0.1) is 24.2 Å². The van der Waals surface area contributed by atoms with Crippen molar-refractivity contribution < 1.29 is 27.1 Å². The molecule has 4 rings (SSSR count). The number of rotatable bonds is 9. The van der Waals surface area contributed by atoms with Crippen LogP contribution in [0.15, 0.2) is 74.6 Å². The van der Waals surface area contributed by atoms with Crippen LogP contribution in [0.4, 0.5) is 0 Å². The van der Waals surface area contributed by atoms with E-state index in [-0.39, 0.29) is 37.2 Å². The maximum Gasteiger partial charge on any atom is 0.243 e. The van der Waals surface area contributed by atoms with Gasteiger partial charge in [-0.2, -0.15) is 4.31 Å². The van der Waals surface area contributed by atoms with Crippen molar-refractivity contribution in [3.63, 3.8) is 0 Å². The first-order valence-corrected chi connectivity index (χ1v) is 12.9. The second-order valence-electron chi connectivity index (χ2n) is 8.11. The van der Waals surface area contributed by atoms with E-state index in [2.05, 4.69) is 15.9 Å². The van der Waals surface area contributed by atoms with Gasteiger partial charge >= 0.3 is 0 Å². The maximum absolute atomic E-state index is 13.5. The van der Waals surface area contributed by atoms with Gasteiger partial charge < -0.3 is 18.8 Å². The smallest absolute Gasteiger partial charge is 0.243 e. The number of benzene rings is 2. The number of hydrogen-bond acceptors (Lipinski definition) is 6. The second-order valence-corrected chi connectivity index (χ2v) is 10.9. The molecule has 1 aliphatic heterocycles. The van der Waals surface area contributed by atoms with Crippen molar-refractivity contribution in [2.24, 2.45) is 0 Å². The molecule has 0 saturated carbocycles. The lowest BCUT2D eigenvalue weighted by molar-refractivity contribution is -0.133. The lowest BCUT2D eigenvalue weighted by Gasteiger charge is -2.29. The number of furan rings is 1. The van der Waals surface area contributed by atoms with Gasteiger partial charge in [-0.25, -0.2) is 8.42 Å². The van der Waals surface area contributed by atoms with Crippen molar-refractivity contribution in [2.75, 3.05) is 13.3 Å². The molecule has 8 nitrogen and oxygen atoms in total. The molecule has 0 unspecified atom stereocenters. The molecule has 2 heterocycles. The zero-order chi connectivity index (χ0) is 24.3. The van der Waals surface area contributed by atoms with Crippen LogP contribution in [0.2, 0.25) is 0 Å². The topological polar surface area (TPSA) is 89.3 Å². The van der Waals surface area contributed by atoms with Gasteiger partial charge in [-0.1, -0.05) is 22.0 Å². The Labute approximate surface area is 207 Å². The van der Waals surface area contributed by atoms with E-state index >= 15 is 0 Å². The van der Waals surface area contributed by atoms with E-state index in [9.17, 15) is 13.2 Å². The lowest BCUT2D eigenvalue weighted by atomic mass is 10.2. The molecule has 1 aliphatic rings. The highest BCUT2D eigenvalue weighted by atomic mass is 79.9. The van der Waals surface area contributed by atoms with Crippen molar-refractivity contribution in [1.82, 2.24) is 9.21 Å². The molecule has 34 heavy (non-hydrogen) atoms. The number of halogens is 1. The molecule has 0 N–H and O–H groups in total. The summed E-state index contributed by atoms with van der Waals surface area (Å²) in [4.78, 5) is 15.2. The number of hydrogen-bond donors (Lipinski definition) is 0. The Morgan fingerprint density at radius 2 is 1.76 bits per heavy atom. The molecule has 0 fully saturated rings. The van der Waals surface area contributed by atoms with Gasteiger partial charge in [0.25, 0.3) is 0 Å². The molecule has 180 valence electrons. The highest BCUT2D eigenvalue weighted by molar-refractivity contribution is 9.10. The maximum atomic E-state index is 13.5. The summed E-state index contributed by atoms with van der Waals surface area (Å²) in [5.74, 6) is 1.52. The molecule has 0 atom stereocenters. The summed E-state index contributed by atoms with van der Waals surface area (Å²) in [6.45, 7) is 3.80. The summed E-state index contributed by atoms with van der Waals surface area (Å²) in [5, 5.41) is 0. The summed E-state index contributed by atoms with van der Waals surface area (Å²) in [7, 11) is -3.88. The average molecular weight is 549 g/mol. The number of sulfonamides is 1. The van der Waals surface area contributed by atoms with E-state index in [4.69, 9.17) is 13.9 Å². The molecule has 0 aliphatic carbocycles. The fourth-order valence-corrected chi connectivity index (χ4v) is 5.45. The Morgan fingerprint density at radius 1 is 1.03 bits per heavy atom. The quantitative estimate of drug-likeness (QED) is 0.393. The number of carbonyl (C=O) groups excluding carboxylic acids is 1. The minimum atomic E-state index is -3.88. The highest BCUT2D eigenvalue weighted by Crippen LogP contribution is 2.33. The number of amides is 1. The summed E-state index contributed by atoms with van der Waals surface area (Å²) in [6, 6.07) is 14.9. The SMILES string of the molecule is CC(C)N(CC(=O)N(Cc1ccc2c(c1)OCO2)Cc1ccco1)S(=O)(=O)c1ccc(Br)cc1. The Kier molecular flexibility index (Phi) is 7.30. The van der Waals surface area contributed by atoms with Crippen molar-refractivity contribution in [3.8, 4) is 11.5 Å². The van der Waals surface area contributed by atoms with Crippen LogP contribution in [0.25, 0.3) is 0 Å². The largest absolute Gasteiger partial charge is 0.467 e. The minimum absolute atomic E-state index is 0.130. The first kappa shape index (κ1) is 24.3. The Morgan fingerprint density at radius 3 is 2.44 bits per heavy atom. The third-order valence-corrected chi connectivity index (χ3v) is 7.94. The van der Waals surface area contributed by atoms with Crippen LogP contribution in [0.1, 0.15) is 25.2 Å². The van der Waals surface area contributed by atoms with E-state index in [1.54, 1.807) is 49.1 Å². The zero-order valence-electron chi connectivity index (χ0n) is 18.8. The van der Waals surface area contributed by atoms with E-state index in [0.29, 0.717) is 17.3 Å². The lowest BCUT2D eigenvalue weighted by Crippen LogP contribution is -2.45. The summed E-state index contributed by atoms with van der Waals surface area (Å²) in [5.41, 5.74) is 0.830. The highest BCUT2D eigenvalue weighted by Gasteiger charge is 2.31. The van der Waals surface area contributed by atoms with Gasteiger partial charge in [0.15, 0.2) is 11.5 Å². The van der Waals surface area contributed by atoms with E-state index < -0.39 is 16.1 Å². The van der Waals surface area contributed by atoms with Crippen LogP contribution < -0.4 is 9.47 Å². The van der Waals surface area contributed by atoms with E-state index in [0.717, 1.165) is 10.0 Å². The number of fused-ring (bicyclic) bond motifs is 1. The average Bonchev–Trinajstić information content (AvgIpc) is 3.48. The molecule has 10 heteroatoms. The number of ether oxygens (including phenoxy) is 2. The first-order valence-electron chi connectivity index (χ1n) is 10.7. The number of nitrogens with zero attached hydrogens (tertiary/aromatic N) is 2. The molecular weight excluding hydrogens is 524 g/mol. The molecule has 0 spiro atoms. The zero-order valence-corrected chi connectivity index (χ0v) is 21.2. The Hall–Kier alpha value is -2.82. The van der Waals surface area contributed by atoms with Gasteiger partial charge in [-0.05, 0) is 67.9 Å². The molecular formula is C24H25BrN2O6S. The van der Waals surface area contributed by atoms with Gasteiger partial charge in [0.2, 0.25) is 22.7 Å². The molecule has 0 radical (unpaired) electrons. The van der Waals surface area contributed by atoms with Crippen LogP contribution in [-0.2, 0) is 27.9 Å². The molecule has 1 aromatic heterocycles. The van der Waals surface area contributed by atoms with Gasteiger partial charge in [0.1, 0.15) is 5.76 Å². The fourth-order valence-electron chi connectivity index (χ4n) is 3.60. The van der Waals surface area contributed by atoms with Crippen molar-refractivity contribution >= 4 is 31.9 Å². The van der Waals surface area contributed by atoms with E-state index in [1.807, 2.05) is 12.1 Å². The standard InChI is InChI=1S/C24H25BrN2O6S/c1-17(2)27(34(29,30)21-8-6-19(25)7-9-21)15-24(28)26(14-20-4-3-11-31-20)13-18-5-10-22-23(12-18)33-16-32-22/h3-12,17H,13-16H2,1-2H3. The third kappa shape index (κ3) is 5.45. The van der Waals surface area contributed by atoms with Gasteiger partial charge in [-0.3, -0.25) is 4.79 Å². The molecule has 1 amide bonds. The predicted octanol–water partition coefficient (Wildman–Crippen LogP) is 4.40. The summed E-state index contributed by atoms with van der Waals surface area (Å²) in [6.07, 6.45) is 1.54. The summed E-state index contributed by atoms with van der Waals surface area (Å²) < 4.78 is 44.9. The van der Waals surface area contributed by atoms with Gasteiger partial charge in [-0.15, -0.1) is 0 Å². The molecule has 3 aromatic rings. The Balaban J connectivity index is 1.58. The molecule has 2 aromatic carbocycles. The van der Waals surface area contributed by atoms with Crippen LogP contribution in [-0.4, -0.2) is 42.9 Å². The third-order valence-electron chi connectivity index (χ3n) is 5.38. The van der Waals surface area contributed by atoms with Crippen molar-refractivity contribution in [2.45, 2.75) is 37.9 Å².